The lowest BCUT2D eigenvalue weighted by Crippen LogP contribution is -2.46. The van der Waals surface area contributed by atoms with Crippen LogP contribution in [0, 0.1) is 0 Å². The van der Waals surface area contributed by atoms with Crippen molar-refractivity contribution in [2.75, 3.05) is 41.3 Å². The highest BCUT2D eigenvalue weighted by Crippen LogP contribution is 2.44. The van der Waals surface area contributed by atoms with Crippen LogP contribution >= 0.6 is 0 Å². The van der Waals surface area contributed by atoms with Crippen molar-refractivity contribution in [1.29, 1.82) is 0 Å². The van der Waals surface area contributed by atoms with Gasteiger partial charge in [-0.2, -0.15) is 0 Å². The molecular weight excluding hydrogens is 438 g/mol. The fourth-order valence-electron chi connectivity index (χ4n) is 4.81. The van der Waals surface area contributed by atoms with E-state index in [1.54, 1.807) is 0 Å². The van der Waals surface area contributed by atoms with Crippen LogP contribution < -0.4 is 19.9 Å². The molecule has 0 unspecified atom stereocenters. The maximum atomic E-state index is 13.5. The molecule has 7 nitrogen and oxygen atoms in total. The van der Waals surface area contributed by atoms with Gasteiger partial charge in [-0.1, -0.05) is 54.6 Å². The molecule has 0 saturated carbocycles. The summed E-state index contributed by atoms with van der Waals surface area (Å²) in [6, 6.07) is 27.6. The first-order valence-corrected chi connectivity index (χ1v) is 11.8. The number of amides is 1. The summed E-state index contributed by atoms with van der Waals surface area (Å²) >= 11 is 0. The number of nitrogens with one attached hydrogen (secondary N) is 1. The Morgan fingerprint density at radius 3 is 2.06 bits per heavy atom. The lowest BCUT2D eigenvalue weighted by atomic mass is 9.87. The van der Waals surface area contributed by atoms with Gasteiger partial charge < -0.3 is 19.9 Å². The van der Waals surface area contributed by atoms with E-state index in [0.717, 1.165) is 43.1 Å². The topological polar surface area (TPSA) is 70.6 Å². The third kappa shape index (κ3) is 4.17. The van der Waals surface area contributed by atoms with Crippen molar-refractivity contribution in [3.05, 3.63) is 102 Å². The van der Waals surface area contributed by atoms with E-state index >= 15 is 0 Å². The van der Waals surface area contributed by atoms with Gasteiger partial charge in [-0.3, -0.25) is 4.79 Å². The normalized spacial score (nSPS) is 15.1. The Labute approximate surface area is 204 Å². The summed E-state index contributed by atoms with van der Waals surface area (Å²) in [7, 11) is 0. The van der Waals surface area contributed by atoms with Gasteiger partial charge in [0.2, 0.25) is 5.91 Å². The quantitative estimate of drug-likeness (QED) is 0.474. The predicted molar refractivity (Wildman–Crippen MR) is 136 cm³/mol. The van der Waals surface area contributed by atoms with Gasteiger partial charge in [-0.25, -0.2) is 9.97 Å². The SMILES string of the molecule is O=C(Nc1cc(N2CCN(c3ccccc3)CC2)ncn1)C1c2ccccc2Oc2ccccc21. The molecule has 0 spiro atoms. The summed E-state index contributed by atoms with van der Waals surface area (Å²) in [4.78, 5) is 27.0. The number of anilines is 3. The number of carbonyl (C=O) groups is 1. The molecule has 35 heavy (non-hydrogen) atoms. The fraction of sp³-hybridized carbons (Fsp3) is 0.179. The van der Waals surface area contributed by atoms with Crippen molar-refractivity contribution in [1.82, 2.24) is 9.97 Å². The molecular formula is C28H25N5O2. The molecule has 1 saturated heterocycles. The Kier molecular flexibility index (Phi) is 5.50. The number of hydrogen-bond donors (Lipinski definition) is 1. The van der Waals surface area contributed by atoms with E-state index in [2.05, 4.69) is 49.4 Å². The predicted octanol–water partition coefficient (Wildman–Crippen LogP) is 4.68. The largest absolute Gasteiger partial charge is 0.457 e. The van der Waals surface area contributed by atoms with Gasteiger partial charge in [0, 0.05) is 49.1 Å². The summed E-state index contributed by atoms with van der Waals surface area (Å²) in [5.74, 6) is 2.08. The molecule has 0 radical (unpaired) electrons. The summed E-state index contributed by atoms with van der Waals surface area (Å²) in [5, 5.41) is 3.02. The fourth-order valence-corrected chi connectivity index (χ4v) is 4.81. The van der Waals surface area contributed by atoms with Crippen molar-refractivity contribution < 1.29 is 9.53 Å². The van der Waals surface area contributed by atoms with Crippen LogP contribution in [0.25, 0.3) is 0 Å². The Morgan fingerprint density at radius 2 is 1.37 bits per heavy atom. The minimum atomic E-state index is -0.482. The zero-order valence-electron chi connectivity index (χ0n) is 19.2. The molecule has 2 aliphatic rings. The molecule has 6 rings (SSSR count). The van der Waals surface area contributed by atoms with Gasteiger partial charge >= 0.3 is 0 Å². The summed E-state index contributed by atoms with van der Waals surface area (Å²) < 4.78 is 6.03. The summed E-state index contributed by atoms with van der Waals surface area (Å²) in [6.07, 6.45) is 1.51. The maximum Gasteiger partial charge on any atom is 0.237 e. The molecule has 1 aromatic heterocycles. The summed E-state index contributed by atoms with van der Waals surface area (Å²) in [6.45, 7) is 3.51. The molecule has 4 aromatic rings. The van der Waals surface area contributed by atoms with E-state index in [1.165, 1.54) is 12.0 Å². The lowest BCUT2D eigenvalue weighted by Gasteiger charge is -2.36. The zero-order chi connectivity index (χ0) is 23.6. The number of ether oxygens (including phenoxy) is 1. The van der Waals surface area contributed by atoms with Crippen LogP contribution in [0.4, 0.5) is 17.3 Å². The average Bonchev–Trinajstić information content (AvgIpc) is 2.92. The number of fused-ring (bicyclic) bond motifs is 2. The Hall–Kier alpha value is -4.39. The minimum absolute atomic E-state index is 0.147. The number of benzene rings is 3. The van der Waals surface area contributed by atoms with Crippen LogP contribution in [0.15, 0.2) is 91.3 Å². The van der Waals surface area contributed by atoms with Crippen molar-refractivity contribution in [2.24, 2.45) is 0 Å². The monoisotopic (exact) mass is 463 g/mol. The van der Waals surface area contributed by atoms with Crippen LogP contribution in [0.1, 0.15) is 17.0 Å². The number of nitrogens with zero attached hydrogens (tertiary/aromatic N) is 4. The van der Waals surface area contributed by atoms with Crippen molar-refractivity contribution in [3.63, 3.8) is 0 Å². The molecule has 7 heteroatoms. The maximum absolute atomic E-state index is 13.5. The second kappa shape index (κ2) is 9.10. The van der Waals surface area contributed by atoms with Crippen LogP contribution in [0.2, 0.25) is 0 Å². The molecule has 174 valence electrons. The molecule has 1 N–H and O–H groups in total. The molecule has 0 atom stereocenters. The van der Waals surface area contributed by atoms with Crippen molar-refractivity contribution in [2.45, 2.75) is 5.92 Å². The Bertz CT molecular complexity index is 1310. The van der Waals surface area contributed by atoms with Gasteiger partial charge in [0.25, 0.3) is 0 Å². The molecule has 0 bridgehead atoms. The van der Waals surface area contributed by atoms with Gasteiger partial charge in [0.15, 0.2) is 0 Å². The number of para-hydroxylation sites is 3. The van der Waals surface area contributed by atoms with Crippen molar-refractivity contribution in [3.8, 4) is 11.5 Å². The van der Waals surface area contributed by atoms with E-state index < -0.39 is 5.92 Å². The van der Waals surface area contributed by atoms with Gasteiger partial charge in [-0.15, -0.1) is 0 Å². The first-order valence-electron chi connectivity index (χ1n) is 11.8. The third-order valence-electron chi connectivity index (χ3n) is 6.57. The van der Waals surface area contributed by atoms with Gasteiger partial charge in [0.1, 0.15) is 29.5 Å². The zero-order valence-corrected chi connectivity index (χ0v) is 19.2. The van der Waals surface area contributed by atoms with E-state index in [0.29, 0.717) is 17.3 Å². The van der Waals surface area contributed by atoms with Crippen LogP contribution in [-0.4, -0.2) is 42.1 Å². The average molecular weight is 464 g/mol. The van der Waals surface area contributed by atoms with E-state index in [4.69, 9.17) is 4.74 Å². The van der Waals surface area contributed by atoms with Crippen LogP contribution in [-0.2, 0) is 4.79 Å². The van der Waals surface area contributed by atoms with Crippen molar-refractivity contribution >= 4 is 23.2 Å². The Balaban J connectivity index is 1.20. The lowest BCUT2D eigenvalue weighted by molar-refractivity contribution is -0.116. The molecule has 3 aromatic carbocycles. The number of rotatable bonds is 4. The number of piperazine rings is 1. The number of aromatic nitrogens is 2. The third-order valence-corrected chi connectivity index (χ3v) is 6.57. The first kappa shape index (κ1) is 21.2. The molecule has 0 aliphatic carbocycles. The highest BCUT2D eigenvalue weighted by molar-refractivity contribution is 5.99. The van der Waals surface area contributed by atoms with E-state index in [9.17, 15) is 4.79 Å². The smallest absolute Gasteiger partial charge is 0.237 e. The Morgan fingerprint density at radius 1 is 0.771 bits per heavy atom. The van der Waals surface area contributed by atoms with Crippen LogP contribution in [0.3, 0.4) is 0 Å². The highest BCUT2D eigenvalue weighted by Gasteiger charge is 2.32. The van der Waals surface area contributed by atoms with E-state index in [-0.39, 0.29) is 5.91 Å². The van der Waals surface area contributed by atoms with Crippen LogP contribution in [0.5, 0.6) is 11.5 Å². The van der Waals surface area contributed by atoms with Gasteiger partial charge in [0.05, 0.1) is 5.92 Å². The van der Waals surface area contributed by atoms with E-state index in [1.807, 2.05) is 60.7 Å². The first-order chi connectivity index (χ1) is 17.3. The van der Waals surface area contributed by atoms with Gasteiger partial charge in [-0.05, 0) is 24.3 Å². The second-order valence-corrected chi connectivity index (χ2v) is 8.67. The highest BCUT2D eigenvalue weighted by atomic mass is 16.5. The second-order valence-electron chi connectivity index (χ2n) is 8.67. The number of carbonyl (C=O) groups excluding carboxylic acids is 1. The molecule has 1 fully saturated rings. The number of hydrogen-bond acceptors (Lipinski definition) is 6. The standard InChI is InChI=1S/C28H25N5O2/c34-28(27-21-10-4-6-12-23(21)35-24-13-7-5-11-22(24)27)31-25-18-26(30-19-29-25)33-16-14-32(15-17-33)20-8-2-1-3-9-20/h1-13,18-19,27H,14-17H2,(H,29,30,31,34). The molecule has 3 heterocycles. The molecule has 1 amide bonds. The summed E-state index contributed by atoms with van der Waals surface area (Å²) in [5.41, 5.74) is 2.92. The minimum Gasteiger partial charge on any atom is -0.457 e. The molecule has 2 aliphatic heterocycles.